The van der Waals surface area contributed by atoms with Crippen LogP contribution in [0.3, 0.4) is 0 Å². The van der Waals surface area contributed by atoms with Crippen LogP contribution in [0.5, 0.6) is 0 Å². The molecule has 0 unspecified atom stereocenters. The number of hydrogen-bond donors (Lipinski definition) is 1. The molecule has 6 nitrogen and oxygen atoms in total. The second-order valence-corrected chi connectivity index (χ2v) is 12.3. The summed E-state index contributed by atoms with van der Waals surface area (Å²) in [6.45, 7) is 2.50. The summed E-state index contributed by atoms with van der Waals surface area (Å²) in [4.78, 5) is 2.31. The number of likely N-dealkylation sites (tertiary alicyclic amines) is 1. The first-order chi connectivity index (χ1) is 23.8. The fourth-order valence-corrected chi connectivity index (χ4v) is 6.45. The number of hydrogen-bond acceptors (Lipinski definition) is 6. The van der Waals surface area contributed by atoms with Crippen LogP contribution in [0.15, 0.2) is 152 Å². The zero-order chi connectivity index (χ0) is 32.8. The molecule has 0 spiro atoms. The SMILES string of the molecule is OC[C@@H]1[C@@H](OCc2ccccc2)[C@@H](OCc2ccccc2)[C@H](OCc2ccccc2)[C@H](COCc2ccccc2)N1Cc1ccccc1. The number of aliphatic hydroxyl groups excluding tert-OH is 1. The van der Waals surface area contributed by atoms with E-state index >= 15 is 0 Å². The van der Waals surface area contributed by atoms with Crippen LogP contribution in [0.25, 0.3) is 0 Å². The van der Waals surface area contributed by atoms with Gasteiger partial charge in [0, 0.05) is 6.54 Å². The maximum atomic E-state index is 11.2. The normalized spacial score (nSPS) is 21.2. The van der Waals surface area contributed by atoms with Crippen LogP contribution in [0.1, 0.15) is 27.8 Å². The first kappa shape index (κ1) is 33.7. The van der Waals surface area contributed by atoms with Gasteiger partial charge < -0.3 is 24.1 Å². The van der Waals surface area contributed by atoms with E-state index in [1.54, 1.807) is 0 Å². The van der Waals surface area contributed by atoms with Crippen LogP contribution in [-0.2, 0) is 51.9 Å². The fraction of sp³-hybridized carbons (Fsp3) is 0.286. The molecule has 0 amide bonds. The molecule has 1 heterocycles. The smallest absolute Gasteiger partial charge is 0.113 e. The molecule has 1 N–H and O–H groups in total. The van der Waals surface area contributed by atoms with E-state index in [2.05, 4.69) is 65.6 Å². The van der Waals surface area contributed by atoms with Crippen molar-refractivity contribution in [3.63, 3.8) is 0 Å². The van der Waals surface area contributed by atoms with Crippen LogP contribution in [0, 0.1) is 0 Å². The van der Waals surface area contributed by atoms with E-state index in [0.29, 0.717) is 39.6 Å². The van der Waals surface area contributed by atoms with Crippen molar-refractivity contribution >= 4 is 0 Å². The Morgan fingerprint density at radius 1 is 0.417 bits per heavy atom. The minimum atomic E-state index is -0.493. The van der Waals surface area contributed by atoms with Crippen molar-refractivity contribution in [3.05, 3.63) is 179 Å². The maximum Gasteiger partial charge on any atom is 0.113 e. The average Bonchev–Trinajstić information content (AvgIpc) is 3.15. The lowest BCUT2D eigenvalue weighted by molar-refractivity contribution is -0.235. The third kappa shape index (κ3) is 9.26. The molecular weight excluding hydrogens is 598 g/mol. The van der Waals surface area contributed by atoms with E-state index in [0.717, 1.165) is 27.8 Å². The fourth-order valence-electron chi connectivity index (χ4n) is 6.45. The van der Waals surface area contributed by atoms with Crippen molar-refractivity contribution in [2.75, 3.05) is 13.2 Å². The summed E-state index contributed by atoms with van der Waals surface area (Å²) in [6, 6.07) is 50.5. The molecular formula is C42H45NO5. The molecule has 1 aliphatic heterocycles. The van der Waals surface area contributed by atoms with E-state index in [4.69, 9.17) is 18.9 Å². The Balaban J connectivity index is 1.37. The molecule has 1 saturated heterocycles. The van der Waals surface area contributed by atoms with Gasteiger partial charge in [0.15, 0.2) is 0 Å². The van der Waals surface area contributed by atoms with Gasteiger partial charge in [0.2, 0.25) is 0 Å². The van der Waals surface area contributed by atoms with Crippen molar-refractivity contribution in [3.8, 4) is 0 Å². The summed E-state index contributed by atoms with van der Waals surface area (Å²) in [6.07, 6.45) is -1.42. The van der Waals surface area contributed by atoms with E-state index in [1.165, 1.54) is 0 Å². The number of aliphatic hydroxyl groups is 1. The average molecular weight is 644 g/mol. The van der Waals surface area contributed by atoms with Gasteiger partial charge in [0.1, 0.15) is 18.3 Å². The number of rotatable bonds is 16. The van der Waals surface area contributed by atoms with Crippen LogP contribution in [-0.4, -0.2) is 53.6 Å². The van der Waals surface area contributed by atoms with Crippen molar-refractivity contribution in [1.29, 1.82) is 0 Å². The molecule has 0 aliphatic carbocycles. The van der Waals surface area contributed by atoms with Crippen LogP contribution in [0.4, 0.5) is 0 Å². The van der Waals surface area contributed by atoms with Crippen LogP contribution < -0.4 is 0 Å². The topological polar surface area (TPSA) is 60.4 Å². The molecule has 5 aromatic carbocycles. The second-order valence-electron chi connectivity index (χ2n) is 12.3. The van der Waals surface area contributed by atoms with E-state index in [1.807, 2.05) is 91.0 Å². The first-order valence-electron chi connectivity index (χ1n) is 16.8. The Morgan fingerprint density at radius 3 is 1.19 bits per heavy atom. The van der Waals surface area contributed by atoms with Gasteiger partial charge in [-0.05, 0) is 27.8 Å². The van der Waals surface area contributed by atoms with Gasteiger partial charge in [-0.15, -0.1) is 0 Å². The molecule has 5 aromatic rings. The highest BCUT2D eigenvalue weighted by atomic mass is 16.6. The molecule has 0 saturated carbocycles. The van der Waals surface area contributed by atoms with Gasteiger partial charge >= 0.3 is 0 Å². The summed E-state index contributed by atoms with van der Waals surface area (Å²) in [5.74, 6) is 0. The quantitative estimate of drug-likeness (QED) is 0.123. The number of piperidine rings is 1. The second kappa shape index (κ2) is 17.9. The van der Waals surface area contributed by atoms with Gasteiger partial charge in [-0.3, -0.25) is 4.90 Å². The van der Waals surface area contributed by atoms with Crippen molar-refractivity contribution < 1.29 is 24.1 Å². The highest BCUT2D eigenvalue weighted by Gasteiger charge is 2.51. The first-order valence-corrected chi connectivity index (χ1v) is 16.8. The number of benzene rings is 5. The summed E-state index contributed by atoms with van der Waals surface area (Å²) in [5.41, 5.74) is 5.43. The maximum absolute atomic E-state index is 11.2. The Bertz CT molecular complexity index is 1590. The molecule has 48 heavy (non-hydrogen) atoms. The molecule has 6 heteroatoms. The lowest BCUT2D eigenvalue weighted by Gasteiger charge is -2.52. The largest absolute Gasteiger partial charge is 0.395 e. The molecule has 0 aromatic heterocycles. The molecule has 5 atom stereocenters. The van der Waals surface area contributed by atoms with Gasteiger partial charge in [0.25, 0.3) is 0 Å². The third-order valence-electron chi connectivity index (χ3n) is 8.91. The summed E-state index contributed by atoms with van der Waals surface area (Å²) >= 11 is 0. The monoisotopic (exact) mass is 643 g/mol. The number of ether oxygens (including phenoxy) is 4. The summed E-state index contributed by atoms with van der Waals surface area (Å²) < 4.78 is 27.1. The van der Waals surface area contributed by atoms with E-state index < -0.39 is 18.3 Å². The Labute approximate surface area is 284 Å². The standard InChI is InChI=1S/C42H45NO5/c44-27-38-40(46-29-35-20-10-3-11-21-35)42(48-31-37-24-14-5-15-25-37)41(47-30-36-22-12-4-13-23-36)39(32-45-28-34-18-8-2-9-19-34)43(38)26-33-16-6-1-7-17-33/h1-25,38-42,44H,26-32H2/t38-,39+,40-,41-,42-/m1/s1. The van der Waals surface area contributed by atoms with Crippen LogP contribution in [0.2, 0.25) is 0 Å². The molecule has 1 fully saturated rings. The lowest BCUT2D eigenvalue weighted by Crippen LogP contribution is -2.69. The molecule has 6 rings (SSSR count). The van der Waals surface area contributed by atoms with E-state index in [9.17, 15) is 5.11 Å². The highest BCUT2D eigenvalue weighted by molar-refractivity contribution is 5.19. The minimum absolute atomic E-state index is 0.113. The minimum Gasteiger partial charge on any atom is -0.395 e. The zero-order valence-electron chi connectivity index (χ0n) is 27.3. The highest BCUT2D eigenvalue weighted by Crippen LogP contribution is 2.34. The summed E-state index contributed by atoms with van der Waals surface area (Å²) in [5, 5.41) is 11.2. The van der Waals surface area contributed by atoms with Gasteiger partial charge in [-0.2, -0.15) is 0 Å². The Morgan fingerprint density at radius 2 is 0.771 bits per heavy atom. The predicted molar refractivity (Wildman–Crippen MR) is 188 cm³/mol. The zero-order valence-corrected chi connectivity index (χ0v) is 27.3. The molecule has 0 radical (unpaired) electrons. The van der Waals surface area contributed by atoms with Crippen molar-refractivity contribution in [1.82, 2.24) is 4.90 Å². The summed E-state index contributed by atoms with van der Waals surface area (Å²) in [7, 11) is 0. The number of nitrogens with zero attached hydrogens (tertiary/aromatic N) is 1. The van der Waals surface area contributed by atoms with Gasteiger partial charge in [0.05, 0.1) is 51.7 Å². The lowest BCUT2D eigenvalue weighted by atomic mass is 9.86. The Kier molecular flexibility index (Phi) is 12.6. The van der Waals surface area contributed by atoms with Crippen molar-refractivity contribution in [2.45, 2.75) is 63.4 Å². The third-order valence-corrected chi connectivity index (χ3v) is 8.91. The Hall–Kier alpha value is -4.14. The molecule has 1 aliphatic rings. The van der Waals surface area contributed by atoms with Gasteiger partial charge in [-0.25, -0.2) is 0 Å². The van der Waals surface area contributed by atoms with Crippen molar-refractivity contribution in [2.24, 2.45) is 0 Å². The molecule has 248 valence electrons. The molecule has 0 bridgehead atoms. The van der Waals surface area contributed by atoms with E-state index in [-0.39, 0.29) is 18.7 Å². The predicted octanol–water partition coefficient (Wildman–Crippen LogP) is 7.20. The van der Waals surface area contributed by atoms with Gasteiger partial charge in [-0.1, -0.05) is 152 Å². The van der Waals surface area contributed by atoms with Crippen LogP contribution >= 0.6 is 0 Å².